The van der Waals surface area contributed by atoms with Gasteiger partial charge in [-0.3, -0.25) is 4.99 Å². The number of aliphatic imine (C=N–C) groups is 1. The van der Waals surface area contributed by atoms with Gasteiger partial charge in [0, 0.05) is 18.9 Å². The summed E-state index contributed by atoms with van der Waals surface area (Å²) in [5.41, 5.74) is 0.938. The number of allylic oxidation sites excluding steroid dienone is 3. The third-order valence-electron chi connectivity index (χ3n) is 1.22. The van der Waals surface area contributed by atoms with Crippen molar-refractivity contribution in [1.82, 2.24) is 4.90 Å². The minimum Gasteiger partial charge on any atom is -0.309 e. The first-order valence-electron chi connectivity index (χ1n) is 3.09. The standard InChI is InChI=1S/C8H10N2/c1-8-5-3-4-6-10(8)7-9-2/h3-7H,1H2,2H3/b9-7-. The van der Waals surface area contributed by atoms with E-state index in [9.17, 15) is 0 Å². The van der Waals surface area contributed by atoms with E-state index in [1.165, 1.54) is 0 Å². The molecule has 1 heterocycles. The van der Waals surface area contributed by atoms with Crippen LogP contribution in [0.3, 0.4) is 0 Å². The van der Waals surface area contributed by atoms with Crippen molar-refractivity contribution in [3.8, 4) is 0 Å². The highest BCUT2D eigenvalue weighted by Crippen LogP contribution is 2.06. The topological polar surface area (TPSA) is 15.6 Å². The van der Waals surface area contributed by atoms with Crippen LogP contribution in [0.25, 0.3) is 0 Å². The maximum Gasteiger partial charge on any atom is 0.0931 e. The van der Waals surface area contributed by atoms with Crippen LogP contribution in [-0.4, -0.2) is 18.3 Å². The molecule has 0 saturated heterocycles. The number of nitrogens with zero attached hydrogens (tertiary/aromatic N) is 2. The van der Waals surface area contributed by atoms with Gasteiger partial charge >= 0.3 is 0 Å². The van der Waals surface area contributed by atoms with Crippen LogP contribution in [0.2, 0.25) is 0 Å². The second-order valence-electron chi connectivity index (χ2n) is 1.97. The molecule has 0 amide bonds. The van der Waals surface area contributed by atoms with Crippen molar-refractivity contribution in [3.05, 3.63) is 36.7 Å². The van der Waals surface area contributed by atoms with E-state index < -0.39 is 0 Å². The number of hydrogen-bond acceptors (Lipinski definition) is 1. The van der Waals surface area contributed by atoms with E-state index in [0.29, 0.717) is 0 Å². The van der Waals surface area contributed by atoms with E-state index in [0.717, 1.165) is 5.70 Å². The van der Waals surface area contributed by atoms with E-state index in [1.807, 2.05) is 29.3 Å². The second kappa shape index (κ2) is 3.01. The number of hydrogen-bond donors (Lipinski definition) is 0. The van der Waals surface area contributed by atoms with Crippen LogP contribution in [0, 0.1) is 0 Å². The van der Waals surface area contributed by atoms with Gasteiger partial charge in [-0.25, -0.2) is 0 Å². The Kier molecular flexibility index (Phi) is 2.05. The summed E-state index contributed by atoms with van der Waals surface area (Å²) in [6.07, 6.45) is 9.46. The molecule has 0 atom stereocenters. The first kappa shape index (κ1) is 6.81. The van der Waals surface area contributed by atoms with Gasteiger partial charge in [-0.05, 0) is 12.2 Å². The Labute approximate surface area is 60.9 Å². The van der Waals surface area contributed by atoms with Crippen LogP contribution in [0.5, 0.6) is 0 Å². The van der Waals surface area contributed by atoms with Gasteiger partial charge in [-0.1, -0.05) is 12.7 Å². The smallest absolute Gasteiger partial charge is 0.0931 e. The molecule has 10 heavy (non-hydrogen) atoms. The average Bonchev–Trinajstić information content (AvgIpc) is 1.94. The summed E-state index contributed by atoms with van der Waals surface area (Å²) in [5.74, 6) is 0. The quantitative estimate of drug-likeness (QED) is 0.392. The molecule has 0 saturated carbocycles. The van der Waals surface area contributed by atoms with E-state index in [2.05, 4.69) is 11.6 Å². The molecular weight excluding hydrogens is 124 g/mol. The highest BCUT2D eigenvalue weighted by atomic mass is 15.1. The number of rotatable bonds is 1. The van der Waals surface area contributed by atoms with Gasteiger partial charge in [-0.2, -0.15) is 0 Å². The van der Waals surface area contributed by atoms with Crippen molar-refractivity contribution in [3.63, 3.8) is 0 Å². The molecule has 0 aliphatic carbocycles. The molecule has 0 radical (unpaired) electrons. The fraction of sp³-hybridized carbons (Fsp3) is 0.125. The predicted molar refractivity (Wildman–Crippen MR) is 43.7 cm³/mol. The molecule has 2 nitrogen and oxygen atoms in total. The summed E-state index contributed by atoms with van der Waals surface area (Å²) in [7, 11) is 1.74. The van der Waals surface area contributed by atoms with Crippen LogP contribution in [0.15, 0.2) is 41.7 Å². The first-order valence-corrected chi connectivity index (χ1v) is 3.09. The lowest BCUT2D eigenvalue weighted by molar-refractivity contribution is 0.731. The van der Waals surface area contributed by atoms with Gasteiger partial charge in [0.15, 0.2) is 0 Å². The monoisotopic (exact) mass is 134 g/mol. The Morgan fingerprint density at radius 2 is 2.40 bits per heavy atom. The minimum atomic E-state index is 0.938. The maximum absolute atomic E-state index is 3.86. The molecular formula is C8H10N2. The first-order chi connectivity index (χ1) is 4.84. The third-order valence-corrected chi connectivity index (χ3v) is 1.22. The van der Waals surface area contributed by atoms with Crippen molar-refractivity contribution < 1.29 is 0 Å². The predicted octanol–water partition coefficient (Wildman–Crippen LogP) is 1.54. The molecule has 0 unspecified atom stereocenters. The third kappa shape index (κ3) is 1.35. The molecule has 0 bridgehead atoms. The van der Waals surface area contributed by atoms with Crippen LogP contribution < -0.4 is 0 Å². The average molecular weight is 134 g/mol. The maximum atomic E-state index is 3.86. The fourth-order valence-electron chi connectivity index (χ4n) is 0.728. The molecule has 1 rings (SSSR count). The molecule has 1 aliphatic rings. The molecule has 0 N–H and O–H groups in total. The normalized spacial score (nSPS) is 17.3. The highest BCUT2D eigenvalue weighted by molar-refractivity contribution is 5.61. The SMILES string of the molecule is C=C1C=CC=CN1/C=N\C. The lowest BCUT2D eigenvalue weighted by Crippen LogP contribution is -2.13. The molecule has 1 aliphatic heterocycles. The van der Waals surface area contributed by atoms with Crippen molar-refractivity contribution >= 4 is 6.34 Å². The van der Waals surface area contributed by atoms with Gasteiger partial charge in [0.1, 0.15) is 0 Å². The summed E-state index contributed by atoms with van der Waals surface area (Å²) in [4.78, 5) is 5.73. The van der Waals surface area contributed by atoms with Crippen molar-refractivity contribution in [2.75, 3.05) is 7.05 Å². The summed E-state index contributed by atoms with van der Waals surface area (Å²) < 4.78 is 0. The largest absolute Gasteiger partial charge is 0.309 e. The van der Waals surface area contributed by atoms with E-state index in [-0.39, 0.29) is 0 Å². The lowest BCUT2D eigenvalue weighted by Gasteiger charge is -2.15. The van der Waals surface area contributed by atoms with Crippen LogP contribution in [-0.2, 0) is 0 Å². The fourth-order valence-corrected chi connectivity index (χ4v) is 0.728. The molecule has 2 heteroatoms. The Hall–Kier alpha value is -1.31. The van der Waals surface area contributed by atoms with Crippen molar-refractivity contribution in [2.45, 2.75) is 0 Å². The van der Waals surface area contributed by atoms with Gasteiger partial charge in [0.25, 0.3) is 0 Å². The molecule has 0 spiro atoms. The Balaban J connectivity index is 2.70. The van der Waals surface area contributed by atoms with Gasteiger partial charge in [0.2, 0.25) is 0 Å². The lowest BCUT2D eigenvalue weighted by atomic mass is 10.3. The van der Waals surface area contributed by atoms with Gasteiger partial charge in [-0.15, -0.1) is 0 Å². The molecule has 0 aromatic rings. The summed E-state index contributed by atoms with van der Waals surface area (Å²) in [6, 6.07) is 0. The molecule has 0 aromatic carbocycles. The Bertz CT molecular complexity index is 211. The zero-order chi connectivity index (χ0) is 7.40. The highest BCUT2D eigenvalue weighted by Gasteiger charge is 1.98. The van der Waals surface area contributed by atoms with E-state index >= 15 is 0 Å². The summed E-state index contributed by atoms with van der Waals surface area (Å²) >= 11 is 0. The Morgan fingerprint density at radius 3 is 3.00 bits per heavy atom. The van der Waals surface area contributed by atoms with Crippen LogP contribution in [0.1, 0.15) is 0 Å². The van der Waals surface area contributed by atoms with Crippen molar-refractivity contribution in [1.29, 1.82) is 0 Å². The molecule has 0 fully saturated rings. The van der Waals surface area contributed by atoms with Crippen LogP contribution >= 0.6 is 0 Å². The summed E-state index contributed by atoms with van der Waals surface area (Å²) in [5, 5.41) is 0. The zero-order valence-corrected chi connectivity index (χ0v) is 5.99. The van der Waals surface area contributed by atoms with Crippen LogP contribution in [0.4, 0.5) is 0 Å². The second-order valence-corrected chi connectivity index (χ2v) is 1.97. The molecule has 0 aromatic heterocycles. The van der Waals surface area contributed by atoms with E-state index in [4.69, 9.17) is 0 Å². The van der Waals surface area contributed by atoms with Gasteiger partial charge < -0.3 is 4.90 Å². The summed E-state index contributed by atoms with van der Waals surface area (Å²) in [6.45, 7) is 3.81. The Morgan fingerprint density at radius 1 is 1.60 bits per heavy atom. The minimum absolute atomic E-state index is 0.938. The molecule has 52 valence electrons. The van der Waals surface area contributed by atoms with E-state index in [1.54, 1.807) is 13.4 Å². The van der Waals surface area contributed by atoms with Crippen molar-refractivity contribution in [2.24, 2.45) is 4.99 Å². The van der Waals surface area contributed by atoms with Gasteiger partial charge in [0.05, 0.1) is 6.34 Å². The zero-order valence-electron chi connectivity index (χ0n) is 5.99.